The van der Waals surface area contributed by atoms with E-state index in [0.29, 0.717) is 6.54 Å². The minimum absolute atomic E-state index is 0.0653. The third-order valence-corrected chi connectivity index (χ3v) is 1.84. The van der Waals surface area contributed by atoms with Gasteiger partial charge in [0.15, 0.2) is 0 Å². The van der Waals surface area contributed by atoms with Crippen molar-refractivity contribution in [1.29, 1.82) is 0 Å². The number of rotatable bonds is 3. The monoisotopic (exact) mass is 187 g/mol. The molecule has 1 fully saturated rings. The lowest BCUT2D eigenvalue weighted by Crippen LogP contribution is -2.33. The molecule has 4 nitrogen and oxygen atoms in total. The van der Waals surface area contributed by atoms with Crippen molar-refractivity contribution in [2.45, 2.75) is 38.9 Å². The molecule has 0 radical (unpaired) electrons. The molecule has 13 heavy (non-hydrogen) atoms. The lowest BCUT2D eigenvalue weighted by Gasteiger charge is -2.12. The molecule has 1 aliphatic heterocycles. The maximum Gasteiger partial charge on any atom is 0.407 e. The van der Waals surface area contributed by atoms with E-state index in [9.17, 15) is 4.79 Å². The molecule has 0 spiro atoms. The van der Waals surface area contributed by atoms with Crippen molar-refractivity contribution in [1.82, 2.24) is 5.32 Å². The van der Waals surface area contributed by atoms with Gasteiger partial charge in [-0.05, 0) is 26.7 Å². The fraction of sp³-hybridized carbons (Fsp3) is 0.889. The molecule has 0 aromatic rings. The largest absolute Gasteiger partial charge is 0.447 e. The summed E-state index contributed by atoms with van der Waals surface area (Å²) in [5, 5.41) is 2.67. The van der Waals surface area contributed by atoms with E-state index in [-0.39, 0.29) is 18.3 Å². The number of hydrogen-bond donors (Lipinski definition) is 1. The first-order chi connectivity index (χ1) is 6.18. The summed E-state index contributed by atoms with van der Waals surface area (Å²) in [6, 6.07) is 0. The zero-order valence-corrected chi connectivity index (χ0v) is 8.21. The molecule has 4 heteroatoms. The summed E-state index contributed by atoms with van der Waals surface area (Å²) in [5.41, 5.74) is 0. The average Bonchev–Trinajstić information content (AvgIpc) is 2.51. The van der Waals surface area contributed by atoms with Crippen LogP contribution in [0.4, 0.5) is 4.79 Å². The summed E-state index contributed by atoms with van der Waals surface area (Å²) in [5.74, 6) is 0. The Labute approximate surface area is 78.6 Å². The summed E-state index contributed by atoms with van der Waals surface area (Å²) < 4.78 is 10.2. The van der Waals surface area contributed by atoms with E-state index in [0.717, 1.165) is 19.4 Å². The van der Waals surface area contributed by atoms with E-state index in [2.05, 4.69) is 5.32 Å². The predicted molar refractivity (Wildman–Crippen MR) is 48.6 cm³/mol. The first kappa shape index (κ1) is 10.3. The minimum atomic E-state index is -0.356. The molecule has 1 rings (SSSR count). The van der Waals surface area contributed by atoms with Gasteiger partial charge in [-0.15, -0.1) is 0 Å². The number of hydrogen-bond acceptors (Lipinski definition) is 3. The molecule has 76 valence electrons. The van der Waals surface area contributed by atoms with Gasteiger partial charge in [-0.2, -0.15) is 0 Å². The van der Waals surface area contributed by atoms with Crippen LogP contribution in [0, 0.1) is 0 Å². The molecule has 1 saturated heterocycles. The van der Waals surface area contributed by atoms with E-state index < -0.39 is 0 Å². The van der Waals surface area contributed by atoms with Crippen LogP contribution in [-0.4, -0.2) is 31.5 Å². The van der Waals surface area contributed by atoms with E-state index >= 15 is 0 Å². The van der Waals surface area contributed by atoms with Gasteiger partial charge >= 0.3 is 6.09 Å². The zero-order valence-electron chi connectivity index (χ0n) is 8.21. The molecule has 1 amide bonds. The van der Waals surface area contributed by atoms with Crippen LogP contribution in [0.2, 0.25) is 0 Å². The molecule has 1 unspecified atom stereocenters. The second-order valence-corrected chi connectivity index (χ2v) is 3.47. The van der Waals surface area contributed by atoms with Gasteiger partial charge in [0, 0.05) is 13.2 Å². The van der Waals surface area contributed by atoms with Crippen molar-refractivity contribution in [3.63, 3.8) is 0 Å². The molecule has 0 aromatic carbocycles. The summed E-state index contributed by atoms with van der Waals surface area (Å²) in [6.07, 6.45) is 1.88. The summed E-state index contributed by atoms with van der Waals surface area (Å²) >= 11 is 0. The third kappa shape index (κ3) is 4.12. The van der Waals surface area contributed by atoms with Gasteiger partial charge in [0.05, 0.1) is 12.2 Å². The van der Waals surface area contributed by atoms with E-state index in [4.69, 9.17) is 9.47 Å². The van der Waals surface area contributed by atoms with Gasteiger partial charge in [0.25, 0.3) is 0 Å². The first-order valence-electron chi connectivity index (χ1n) is 4.74. The van der Waals surface area contributed by atoms with Gasteiger partial charge in [-0.3, -0.25) is 0 Å². The molecule has 0 saturated carbocycles. The van der Waals surface area contributed by atoms with Crippen LogP contribution in [-0.2, 0) is 9.47 Å². The molecule has 1 aliphatic rings. The molecule has 0 aliphatic carbocycles. The Bertz CT molecular complexity index is 164. The van der Waals surface area contributed by atoms with E-state index in [1.807, 2.05) is 13.8 Å². The van der Waals surface area contributed by atoms with Crippen LogP contribution in [0.25, 0.3) is 0 Å². The normalized spacial score (nSPS) is 21.9. The number of carbonyl (C=O) groups excluding carboxylic acids is 1. The van der Waals surface area contributed by atoms with Crippen LogP contribution < -0.4 is 5.32 Å². The van der Waals surface area contributed by atoms with Crippen molar-refractivity contribution in [3.05, 3.63) is 0 Å². The van der Waals surface area contributed by atoms with Crippen molar-refractivity contribution < 1.29 is 14.3 Å². The average molecular weight is 187 g/mol. The van der Waals surface area contributed by atoms with Crippen molar-refractivity contribution in [2.75, 3.05) is 13.2 Å². The molecular formula is C9H17NO3. The molecule has 1 heterocycles. The van der Waals surface area contributed by atoms with Crippen LogP contribution in [0.3, 0.4) is 0 Å². The number of alkyl carbamates (subject to hydrolysis) is 1. The number of nitrogens with one attached hydrogen (secondary N) is 1. The number of amides is 1. The Balaban J connectivity index is 2.07. The zero-order chi connectivity index (χ0) is 9.68. The fourth-order valence-electron chi connectivity index (χ4n) is 1.26. The SMILES string of the molecule is CC(C)OC(=O)NCC1CCCO1. The second kappa shape index (κ2) is 5.07. The third-order valence-electron chi connectivity index (χ3n) is 1.84. The maximum atomic E-state index is 11.0. The van der Waals surface area contributed by atoms with Crippen LogP contribution in [0.1, 0.15) is 26.7 Å². The standard InChI is InChI=1S/C9H17NO3/c1-7(2)13-9(11)10-6-8-4-3-5-12-8/h7-8H,3-6H2,1-2H3,(H,10,11). The fourth-order valence-corrected chi connectivity index (χ4v) is 1.26. The van der Waals surface area contributed by atoms with E-state index in [1.165, 1.54) is 0 Å². The maximum absolute atomic E-state index is 11.0. The molecule has 0 aromatic heterocycles. The summed E-state index contributed by atoms with van der Waals surface area (Å²) in [6.45, 7) is 5.02. The van der Waals surface area contributed by atoms with Crippen LogP contribution in [0.5, 0.6) is 0 Å². The lowest BCUT2D eigenvalue weighted by molar-refractivity contribution is 0.0915. The Kier molecular flexibility index (Phi) is 4.02. The molecule has 1 N–H and O–H groups in total. The van der Waals surface area contributed by atoms with Crippen molar-refractivity contribution >= 4 is 6.09 Å². The highest BCUT2D eigenvalue weighted by Crippen LogP contribution is 2.10. The van der Waals surface area contributed by atoms with Gasteiger partial charge in [0.2, 0.25) is 0 Å². The van der Waals surface area contributed by atoms with Gasteiger partial charge in [0.1, 0.15) is 0 Å². The first-order valence-corrected chi connectivity index (χ1v) is 4.74. The van der Waals surface area contributed by atoms with Gasteiger partial charge in [-0.1, -0.05) is 0 Å². The Morgan fingerprint density at radius 3 is 3.00 bits per heavy atom. The van der Waals surface area contributed by atoms with Crippen LogP contribution >= 0.6 is 0 Å². The van der Waals surface area contributed by atoms with E-state index in [1.54, 1.807) is 0 Å². The lowest BCUT2D eigenvalue weighted by atomic mass is 10.2. The summed E-state index contributed by atoms with van der Waals surface area (Å²) in [4.78, 5) is 11.0. The van der Waals surface area contributed by atoms with Gasteiger partial charge < -0.3 is 14.8 Å². The van der Waals surface area contributed by atoms with Crippen molar-refractivity contribution in [3.8, 4) is 0 Å². The molecular weight excluding hydrogens is 170 g/mol. The summed E-state index contributed by atoms with van der Waals surface area (Å²) in [7, 11) is 0. The quantitative estimate of drug-likeness (QED) is 0.724. The predicted octanol–water partition coefficient (Wildman–Crippen LogP) is 1.30. The number of carbonyl (C=O) groups is 1. The molecule has 1 atom stereocenters. The topological polar surface area (TPSA) is 47.6 Å². The second-order valence-electron chi connectivity index (χ2n) is 3.47. The Hall–Kier alpha value is -0.770. The van der Waals surface area contributed by atoms with Gasteiger partial charge in [-0.25, -0.2) is 4.79 Å². The Morgan fingerprint density at radius 2 is 2.46 bits per heavy atom. The smallest absolute Gasteiger partial charge is 0.407 e. The highest BCUT2D eigenvalue weighted by Gasteiger charge is 2.16. The molecule has 0 bridgehead atoms. The highest BCUT2D eigenvalue weighted by molar-refractivity contribution is 5.67. The minimum Gasteiger partial charge on any atom is -0.447 e. The number of ether oxygens (including phenoxy) is 2. The van der Waals surface area contributed by atoms with Crippen LogP contribution in [0.15, 0.2) is 0 Å². The Morgan fingerprint density at radius 1 is 1.69 bits per heavy atom. The highest BCUT2D eigenvalue weighted by atomic mass is 16.6. The van der Waals surface area contributed by atoms with Crippen molar-refractivity contribution in [2.24, 2.45) is 0 Å².